The van der Waals surface area contributed by atoms with Gasteiger partial charge in [0.2, 0.25) is 0 Å². The molecule has 0 amide bonds. The lowest BCUT2D eigenvalue weighted by Crippen LogP contribution is -2.39. The summed E-state index contributed by atoms with van der Waals surface area (Å²) in [4.78, 5) is 42.0. The van der Waals surface area contributed by atoms with Gasteiger partial charge in [-0.15, -0.1) is 0 Å². The Balaban J connectivity index is 1.48. The highest BCUT2D eigenvalue weighted by molar-refractivity contribution is 9.10. The number of benzene rings is 3. The molecule has 0 saturated carbocycles. The van der Waals surface area contributed by atoms with E-state index in [0.717, 1.165) is 11.1 Å². The third-order valence-corrected chi connectivity index (χ3v) is 8.42. The molecule has 0 radical (unpaired) electrons. The standard InChI is InChI=1S/C32H28BrN3O8S/c1-4-42-26-13-9-21(16-27(26)43-5-2)29-23(31(38)41-3)17-34-32-35(29)30(37)28(45-32)15-20-8-12-25(24(33)14-20)44-18-19-6-10-22(11-7-19)36(39)40/h6-17,29H,4-5,18H2,1-3H3/b28-15-/t29-/m1/s1. The zero-order valence-electron chi connectivity index (χ0n) is 24.5. The highest BCUT2D eigenvalue weighted by Gasteiger charge is 2.31. The van der Waals surface area contributed by atoms with E-state index in [2.05, 4.69) is 20.9 Å². The molecule has 0 aliphatic carbocycles. The van der Waals surface area contributed by atoms with Crippen molar-refractivity contribution < 1.29 is 28.7 Å². The van der Waals surface area contributed by atoms with Crippen LogP contribution in [-0.2, 0) is 16.1 Å². The van der Waals surface area contributed by atoms with Crippen molar-refractivity contribution in [3.63, 3.8) is 0 Å². The molecule has 3 aromatic carbocycles. The predicted molar refractivity (Wildman–Crippen MR) is 172 cm³/mol. The smallest absolute Gasteiger partial charge is 0.337 e. The number of carbonyl (C=O) groups excluding carboxylic acids is 1. The van der Waals surface area contributed by atoms with Gasteiger partial charge in [-0.25, -0.2) is 9.79 Å². The first-order valence-electron chi connectivity index (χ1n) is 13.9. The van der Waals surface area contributed by atoms with Crippen LogP contribution in [0.5, 0.6) is 17.2 Å². The van der Waals surface area contributed by atoms with Crippen LogP contribution in [0.25, 0.3) is 6.08 Å². The van der Waals surface area contributed by atoms with Gasteiger partial charge in [0.25, 0.3) is 11.2 Å². The second kappa shape index (κ2) is 13.9. The number of carbonyl (C=O) groups is 1. The number of fused-ring (bicyclic) bond motifs is 1. The van der Waals surface area contributed by atoms with E-state index in [0.29, 0.717) is 49.8 Å². The topological polar surface area (TPSA) is 131 Å². The van der Waals surface area contributed by atoms with Crippen LogP contribution >= 0.6 is 27.3 Å². The molecule has 0 bridgehead atoms. The van der Waals surface area contributed by atoms with Gasteiger partial charge in [-0.05, 0) is 88.9 Å². The van der Waals surface area contributed by atoms with Crippen molar-refractivity contribution in [1.82, 2.24) is 4.57 Å². The van der Waals surface area contributed by atoms with Crippen LogP contribution in [0.15, 0.2) is 86.7 Å². The summed E-state index contributed by atoms with van der Waals surface area (Å²) in [6, 6.07) is 16.1. The van der Waals surface area contributed by atoms with Crippen molar-refractivity contribution >= 4 is 45.0 Å². The van der Waals surface area contributed by atoms with Gasteiger partial charge in [0.05, 0.1) is 45.9 Å². The summed E-state index contributed by atoms with van der Waals surface area (Å²) in [6.45, 7) is 4.81. The molecule has 1 aliphatic rings. The molecule has 0 saturated heterocycles. The molecular formula is C32H28BrN3O8S. The van der Waals surface area contributed by atoms with E-state index < -0.39 is 16.9 Å². The van der Waals surface area contributed by atoms with E-state index in [1.807, 2.05) is 26.0 Å². The minimum absolute atomic E-state index is 0.0112. The average molecular weight is 695 g/mol. The third-order valence-electron chi connectivity index (χ3n) is 6.80. The van der Waals surface area contributed by atoms with Gasteiger partial charge in [-0.2, -0.15) is 0 Å². The number of halogens is 1. The van der Waals surface area contributed by atoms with E-state index >= 15 is 0 Å². The predicted octanol–water partition coefficient (Wildman–Crippen LogP) is 5.07. The largest absolute Gasteiger partial charge is 0.490 e. The number of methoxy groups -OCH3 is 1. The van der Waals surface area contributed by atoms with Gasteiger partial charge in [-0.1, -0.05) is 23.5 Å². The summed E-state index contributed by atoms with van der Waals surface area (Å²) in [5.41, 5.74) is 2.05. The Kier molecular flexibility index (Phi) is 9.79. The fourth-order valence-electron chi connectivity index (χ4n) is 4.74. The number of hydrogen-bond acceptors (Lipinski definition) is 10. The van der Waals surface area contributed by atoms with Crippen molar-refractivity contribution in [3.05, 3.63) is 123 Å². The zero-order chi connectivity index (χ0) is 32.1. The summed E-state index contributed by atoms with van der Waals surface area (Å²) in [5.74, 6) is 1.03. The minimum Gasteiger partial charge on any atom is -0.490 e. The summed E-state index contributed by atoms with van der Waals surface area (Å²) >= 11 is 4.74. The number of rotatable bonds is 11. The molecule has 232 valence electrons. The van der Waals surface area contributed by atoms with E-state index in [1.54, 1.807) is 42.5 Å². The Morgan fingerprint density at radius 1 is 1.02 bits per heavy atom. The Bertz CT molecular complexity index is 1970. The van der Waals surface area contributed by atoms with Crippen molar-refractivity contribution in [2.45, 2.75) is 26.5 Å². The van der Waals surface area contributed by atoms with Crippen molar-refractivity contribution in [2.24, 2.45) is 4.99 Å². The molecule has 2 heterocycles. The van der Waals surface area contributed by atoms with Crippen LogP contribution in [0.1, 0.15) is 36.6 Å². The van der Waals surface area contributed by atoms with E-state index in [-0.39, 0.29) is 23.4 Å². The van der Waals surface area contributed by atoms with Gasteiger partial charge in [0.15, 0.2) is 16.3 Å². The number of esters is 1. The number of nitro groups is 1. The number of hydrogen-bond donors (Lipinski definition) is 0. The van der Waals surface area contributed by atoms with Crippen LogP contribution in [0.4, 0.5) is 5.69 Å². The molecule has 13 heteroatoms. The lowest BCUT2D eigenvalue weighted by molar-refractivity contribution is -0.384. The summed E-state index contributed by atoms with van der Waals surface area (Å²) < 4.78 is 25.0. The maximum Gasteiger partial charge on any atom is 0.337 e. The van der Waals surface area contributed by atoms with E-state index in [4.69, 9.17) is 18.9 Å². The first-order chi connectivity index (χ1) is 21.7. The van der Waals surface area contributed by atoms with Crippen LogP contribution in [-0.4, -0.2) is 35.8 Å². The fourth-order valence-corrected chi connectivity index (χ4v) is 6.22. The number of ether oxygens (including phenoxy) is 4. The molecule has 0 unspecified atom stereocenters. The molecule has 11 nitrogen and oxygen atoms in total. The normalized spacial score (nSPS) is 14.2. The Morgan fingerprint density at radius 3 is 2.40 bits per heavy atom. The molecule has 4 aromatic rings. The quantitative estimate of drug-likeness (QED) is 0.121. The number of non-ortho nitro benzene ring substituents is 1. The van der Waals surface area contributed by atoms with E-state index in [9.17, 15) is 19.7 Å². The minimum atomic E-state index is -0.798. The number of nitro benzene ring substituents is 1. The van der Waals surface area contributed by atoms with Gasteiger partial charge >= 0.3 is 5.97 Å². The first-order valence-corrected chi connectivity index (χ1v) is 15.5. The van der Waals surface area contributed by atoms with Gasteiger partial charge in [-0.3, -0.25) is 19.5 Å². The highest BCUT2D eigenvalue weighted by Crippen LogP contribution is 2.35. The average Bonchev–Trinajstić information content (AvgIpc) is 3.35. The van der Waals surface area contributed by atoms with Crippen LogP contribution < -0.4 is 29.1 Å². The van der Waals surface area contributed by atoms with Crippen LogP contribution in [0.2, 0.25) is 0 Å². The Morgan fingerprint density at radius 2 is 1.73 bits per heavy atom. The Hall–Kier alpha value is -4.75. The fraction of sp³-hybridized carbons (Fsp3) is 0.219. The second-order valence-electron chi connectivity index (χ2n) is 9.65. The highest BCUT2D eigenvalue weighted by atomic mass is 79.9. The molecule has 0 N–H and O–H groups in total. The number of aromatic nitrogens is 1. The lowest BCUT2D eigenvalue weighted by Gasteiger charge is -2.23. The Labute approximate surface area is 269 Å². The van der Waals surface area contributed by atoms with Crippen molar-refractivity contribution in [1.29, 1.82) is 0 Å². The molecule has 0 fully saturated rings. The molecular weight excluding hydrogens is 666 g/mol. The molecule has 45 heavy (non-hydrogen) atoms. The monoisotopic (exact) mass is 693 g/mol. The van der Waals surface area contributed by atoms with Gasteiger partial charge < -0.3 is 18.9 Å². The zero-order valence-corrected chi connectivity index (χ0v) is 26.9. The van der Waals surface area contributed by atoms with Crippen LogP contribution in [0.3, 0.4) is 0 Å². The summed E-state index contributed by atoms with van der Waals surface area (Å²) in [5, 5.41) is 10.9. The SMILES string of the molecule is CCOc1ccc([C@@H]2C(C(=O)OC)=CN=c3s/c(=C\c4ccc(OCc5ccc([N+](=O)[O-])cc5)c(Br)c4)c(=O)n32)cc1OCC. The van der Waals surface area contributed by atoms with Gasteiger partial charge in [0, 0.05) is 18.3 Å². The summed E-state index contributed by atoms with van der Waals surface area (Å²) in [6.07, 6.45) is 3.19. The third kappa shape index (κ3) is 6.84. The van der Waals surface area contributed by atoms with Crippen molar-refractivity contribution in [2.75, 3.05) is 20.3 Å². The van der Waals surface area contributed by atoms with Crippen LogP contribution in [0, 0.1) is 10.1 Å². The van der Waals surface area contributed by atoms with Gasteiger partial charge in [0.1, 0.15) is 12.4 Å². The molecule has 0 spiro atoms. The molecule has 5 rings (SSSR count). The first kappa shape index (κ1) is 31.7. The lowest BCUT2D eigenvalue weighted by atomic mass is 9.97. The maximum atomic E-state index is 13.9. The number of nitrogens with zero attached hydrogens (tertiary/aromatic N) is 3. The molecule has 1 aliphatic heterocycles. The molecule has 1 aromatic heterocycles. The van der Waals surface area contributed by atoms with E-state index in [1.165, 1.54) is 41.3 Å². The maximum absolute atomic E-state index is 13.9. The number of thiazole rings is 1. The molecule has 1 atom stereocenters. The van der Waals surface area contributed by atoms with Crippen molar-refractivity contribution in [3.8, 4) is 17.2 Å². The second-order valence-corrected chi connectivity index (χ2v) is 11.5. The summed E-state index contributed by atoms with van der Waals surface area (Å²) in [7, 11) is 1.28.